The van der Waals surface area contributed by atoms with Crippen molar-refractivity contribution in [2.24, 2.45) is 0 Å². The number of methoxy groups -OCH3 is 1. The van der Waals surface area contributed by atoms with Gasteiger partial charge in [-0.2, -0.15) is 0 Å². The predicted octanol–water partition coefficient (Wildman–Crippen LogP) is -1.27. The van der Waals surface area contributed by atoms with Crippen molar-refractivity contribution in [2.45, 2.75) is 107 Å². The molecule has 4 heterocycles. The third-order valence-electron chi connectivity index (χ3n) is 13.7. The minimum atomic E-state index is -2.42. The highest BCUT2D eigenvalue weighted by Crippen LogP contribution is 2.52. The quantitative estimate of drug-likeness (QED) is 0.0665. The van der Waals surface area contributed by atoms with Gasteiger partial charge in [0.15, 0.2) is 24.0 Å². The summed E-state index contributed by atoms with van der Waals surface area (Å²) >= 11 is 0. The molecule has 0 unspecified atom stereocenters. The highest BCUT2D eigenvalue weighted by atomic mass is 16.7. The number of phenols is 2. The summed E-state index contributed by atoms with van der Waals surface area (Å²) in [5.74, 6) is -7.03. The first-order valence-corrected chi connectivity index (χ1v) is 23.3. The van der Waals surface area contributed by atoms with E-state index < -0.39 is 150 Å². The Morgan fingerprint density at radius 2 is 1.76 bits per heavy atom. The second-order valence-electron chi connectivity index (χ2n) is 18.3. The number of carbonyl (C=O) groups excluding carboxylic acids is 8. The van der Waals surface area contributed by atoms with Gasteiger partial charge in [-0.15, -0.1) is 0 Å². The van der Waals surface area contributed by atoms with Crippen molar-refractivity contribution in [3.8, 4) is 17.2 Å². The van der Waals surface area contributed by atoms with E-state index in [-0.39, 0.29) is 67.1 Å². The van der Waals surface area contributed by atoms with Crippen LogP contribution < -0.4 is 26.0 Å². The van der Waals surface area contributed by atoms with Gasteiger partial charge < -0.3 is 65.3 Å². The third kappa shape index (κ3) is 9.79. The van der Waals surface area contributed by atoms with Gasteiger partial charge in [0, 0.05) is 73.5 Å². The maximum atomic E-state index is 14.1. The summed E-state index contributed by atoms with van der Waals surface area (Å²) in [6.45, 7) is 1.75. The van der Waals surface area contributed by atoms with Crippen molar-refractivity contribution in [3.05, 3.63) is 81.7 Å². The Bertz CT molecular complexity index is 2690. The average Bonchev–Trinajstić information content (AvgIpc) is 4.08. The number of aliphatic hydroxyl groups excluding tert-OH is 2. The molecule has 9 N–H and O–H groups in total. The van der Waals surface area contributed by atoms with E-state index in [2.05, 4.69) is 26.3 Å². The van der Waals surface area contributed by atoms with Crippen molar-refractivity contribution in [2.75, 3.05) is 39.9 Å². The molecular weight excluding hydrogens is 947 g/mol. The van der Waals surface area contributed by atoms with Gasteiger partial charge in [-0.25, -0.2) is 4.79 Å². The second kappa shape index (κ2) is 20.9. The summed E-state index contributed by atoms with van der Waals surface area (Å²) < 4.78 is 22.9. The summed E-state index contributed by atoms with van der Waals surface area (Å²) in [5.41, 5.74) is -3.77. The van der Waals surface area contributed by atoms with E-state index in [1.165, 1.54) is 55.2 Å². The predicted molar refractivity (Wildman–Crippen MR) is 244 cm³/mol. The number of nitrogens with one attached hydrogen (secondary N) is 4. The van der Waals surface area contributed by atoms with Crippen LogP contribution in [0.2, 0.25) is 0 Å². The molecule has 0 bridgehead atoms. The number of hydrogen-bond donors (Lipinski definition) is 9. The Labute approximate surface area is 410 Å². The molecule has 0 spiro atoms. The van der Waals surface area contributed by atoms with Crippen LogP contribution >= 0.6 is 0 Å². The highest BCUT2D eigenvalue weighted by molar-refractivity contribution is 6.31. The van der Waals surface area contributed by atoms with Crippen molar-refractivity contribution in [1.29, 1.82) is 0 Å². The van der Waals surface area contributed by atoms with Gasteiger partial charge in [-0.3, -0.25) is 48.8 Å². The fourth-order valence-corrected chi connectivity index (χ4v) is 9.95. The van der Waals surface area contributed by atoms with E-state index in [9.17, 15) is 63.9 Å². The fraction of sp³-hybridized carbons (Fsp3) is 0.479. The highest BCUT2D eigenvalue weighted by Gasteiger charge is 2.51. The number of ether oxygens (including phenoxy) is 4. The van der Waals surface area contributed by atoms with Crippen LogP contribution in [0, 0.1) is 0 Å². The number of rotatable bonds is 14. The standard InChI is InChI=1S/C48H55N7O17/c1-22(52-46(66)43-50-12-14-55(43)47(67)70-21-24-7-5-11-49-18-24)44(64)51-19-32(58)54-13-6-9-28(54)45(65)53-27-15-33(71-23(2)38(27)59)72-30-17-48(68,31(57)20-56)16-26-35(30)42(63)37-36(40(26)61)39(60)25-8-4-10-29(69-3)34(25)41(37)62/h4-5,7-8,10-11,18,22-23,27-28,30,33,38,43,50,56,59,61,63,68H,6,9,12-17,19-21H2,1-3H3,(H,51,64)(H,52,66)(H,53,65)/t22-,23-,27-,28-,30+,33+,38+,43+,48-/m0/s1. The monoisotopic (exact) mass is 1000 g/mol. The Hall–Kier alpha value is -7.09. The average molecular weight is 1000 g/mol. The molecule has 3 aliphatic heterocycles. The molecule has 5 amide bonds. The van der Waals surface area contributed by atoms with Gasteiger partial charge in [0.05, 0.1) is 48.6 Å². The third-order valence-corrected chi connectivity index (χ3v) is 13.7. The number of pyridine rings is 1. The van der Waals surface area contributed by atoms with Crippen LogP contribution in [0.15, 0.2) is 42.7 Å². The van der Waals surface area contributed by atoms with Gasteiger partial charge in [0.1, 0.15) is 54.3 Å². The number of fused-ring (bicyclic) bond motifs is 3. The number of amides is 5. The van der Waals surface area contributed by atoms with Crippen LogP contribution in [0.25, 0.3) is 0 Å². The van der Waals surface area contributed by atoms with Gasteiger partial charge in [0.25, 0.3) is 5.91 Å². The number of hydrogen-bond acceptors (Lipinski definition) is 19. The maximum absolute atomic E-state index is 14.1. The first-order chi connectivity index (χ1) is 34.4. The van der Waals surface area contributed by atoms with Gasteiger partial charge in [-0.05, 0) is 38.8 Å². The Balaban J connectivity index is 0.910. The summed E-state index contributed by atoms with van der Waals surface area (Å²) in [5, 5.41) is 67.0. The molecule has 3 saturated heterocycles. The first-order valence-electron chi connectivity index (χ1n) is 23.3. The minimum absolute atomic E-state index is 0.0237. The summed E-state index contributed by atoms with van der Waals surface area (Å²) in [6, 6.07) is 4.37. The smallest absolute Gasteiger partial charge is 0.411 e. The number of nitrogens with zero attached hydrogens (tertiary/aromatic N) is 3. The number of likely N-dealkylation sites (tertiary alicyclic amines) is 1. The number of aromatic hydroxyl groups is 2. The molecule has 72 heavy (non-hydrogen) atoms. The van der Waals surface area contributed by atoms with E-state index >= 15 is 0 Å². The van der Waals surface area contributed by atoms with Crippen molar-refractivity contribution < 1.29 is 82.8 Å². The molecule has 384 valence electrons. The molecule has 3 fully saturated rings. The van der Waals surface area contributed by atoms with E-state index in [4.69, 9.17) is 18.9 Å². The zero-order chi connectivity index (χ0) is 51.8. The van der Waals surface area contributed by atoms with Crippen LogP contribution in [-0.2, 0) is 51.2 Å². The topological polar surface area (TPSA) is 342 Å². The maximum Gasteiger partial charge on any atom is 0.411 e. The van der Waals surface area contributed by atoms with Gasteiger partial charge >= 0.3 is 6.09 Å². The lowest BCUT2D eigenvalue weighted by Gasteiger charge is -2.43. The lowest BCUT2D eigenvalue weighted by Crippen LogP contribution is -2.59. The van der Waals surface area contributed by atoms with Crippen LogP contribution in [0.3, 0.4) is 0 Å². The first kappa shape index (κ1) is 51.3. The Morgan fingerprint density at radius 1 is 1.00 bits per heavy atom. The number of ketones is 3. The summed E-state index contributed by atoms with van der Waals surface area (Å²) in [6.07, 6.45) is -5.05. The van der Waals surface area contributed by atoms with E-state index in [0.717, 1.165) is 0 Å². The Morgan fingerprint density at radius 3 is 2.49 bits per heavy atom. The zero-order valence-corrected chi connectivity index (χ0v) is 39.4. The molecular formula is C48H55N7O17. The minimum Gasteiger partial charge on any atom is -0.507 e. The number of Topliss-reactive ketones (excluding diaryl/α,β-unsaturated/α-hetero) is 1. The molecule has 2 aromatic carbocycles. The lowest BCUT2D eigenvalue weighted by molar-refractivity contribution is -0.249. The molecule has 1 aromatic heterocycles. The zero-order valence-electron chi connectivity index (χ0n) is 39.4. The number of aliphatic hydroxyl groups is 3. The summed E-state index contributed by atoms with van der Waals surface area (Å²) in [7, 11) is 1.28. The van der Waals surface area contributed by atoms with Crippen LogP contribution in [0.5, 0.6) is 17.2 Å². The largest absolute Gasteiger partial charge is 0.507 e. The van der Waals surface area contributed by atoms with Crippen LogP contribution in [0.4, 0.5) is 4.79 Å². The van der Waals surface area contributed by atoms with Crippen molar-refractivity contribution in [1.82, 2.24) is 36.1 Å². The molecule has 0 saturated carbocycles. The molecule has 24 heteroatoms. The van der Waals surface area contributed by atoms with Crippen molar-refractivity contribution >= 4 is 47.1 Å². The molecule has 9 atom stereocenters. The van der Waals surface area contributed by atoms with Crippen LogP contribution in [0.1, 0.15) is 94.2 Å². The SMILES string of the molecule is COc1cccc2c1C(=O)c1c(O)c3c(c(O)c1C2=O)C[C@@](O)(C(=O)CO)C[C@H]3O[C@@H]1C[C@H](NC(=O)[C@@H]2CCCN2C(=O)CNC(=O)[C@H](C)NC(=O)[C@@H]2NCCN2C(=O)OCc2cccnc2)[C@H](O)[C@H](C)O1. The Kier molecular flexibility index (Phi) is 14.9. The van der Waals surface area contributed by atoms with E-state index in [0.29, 0.717) is 12.0 Å². The van der Waals surface area contributed by atoms with Crippen LogP contribution in [-0.4, -0.2) is 176 Å². The normalized spacial score (nSPS) is 25.9. The molecule has 3 aromatic rings. The molecule has 5 aliphatic rings. The number of aromatic nitrogens is 1. The number of benzene rings is 2. The molecule has 8 rings (SSSR count). The lowest BCUT2D eigenvalue weighted by atomic mass is 9.72. The second-order valence-corrected chi connectivity index (χ2v) is 18.3. The molecule has 24 nitrogen and oxygen atoms in total. The van der Waals surface area contributed by atoms with E-state index in [1.807, 2.05) is 0 Å². The molecule has 0 radical (unpaired) electrons. The summed E-state index contributed by atoms with van der Waals surface area (Å²) in [4.78, 5) is 114. The van der Waals surface area contributed by atoms with Gasteiger partial charge in [-0.1, -0.05) is 18.2 Å². The van der Waals surface area contributed by atoms with E-state index in [1.54, 1.807) is 18.3 Å². The van der Waals surface area contributed by atoms with Gasteiger partial charge in [0.2, 0.25) is 23.5 Å². The number of phenolic OH excluding ortho intramolecular Hbond substituents is 2. The number of carbonyl (C=O) groups is 8. The van der Waals surface area contributed by atoms with Crippen molar-refractivity contribution in [3.63, 3.8) is 0 Å². The fourth-order valence-electron chi connectivity index (χ4n) is 9.95. The molecule has 2 aliphatic carbocycles.